The second kappa shape index (κ2) is 18.8. The van der Waals surface area contributed by atoms with Crippen molar-refractivity contribution < 1.29 is 68.8 Å². The number of carbonyl (C=O) groups excluding carboxylic acids is 1. The summed E-state index contributed by atoms with van der Waals surface area (Å²) in [7, 11) is 1.20. The molecule has 0 aliphatic carbocycles. The summed E-state index contributed by atoms with van der Waals surface area (Å²) in [4.78, 5) is 30.0. The van der Waals surface area contributed by atoms with E-state index in [0.29, 0.717) is 16.9 Å². The summed E-state index contributed by atoms with van der Waals surface area (Å²) in [6, 6.07) is 0. The first kappa shape index (κ1) is 38.8. The minimum Gasteiger partial charge on any atom is -0.477 e. The van der Waals surface area contributed by atoms with Crippen LogP contribution in [0.2, 0.25) is 0 Å². The molecule has 3 heterocycles. The molecule has 0 aromatic rings. The summed E-state index contributed by atoms with van der Waals surface area (Å²) in [5.41, 5.74) is 6.59. The zero-order valence-corrected chi connectivity index (χ0v) is 26.9. The molecule has 9 unspecified atom stereocenters. The molecule has 3 aliphatic rings. The van der Waals surface area contributed by atoms with Gasteiger partial charge in [0.25, 0.3) is 0 Å². The highest BCUT2D eigenvalue weighted by atomic mass is 16.8. The predicted octanol–water partition coefficient (Wildman–Crippen LogP) is -3.36. The number of methoxy groups -OCH3 is 1. The average molecular weight is 684 g/mol. The summed E-state index contributed by atoms with van der Waals surface area (Å²) in [5, 5.41) is 62.4. The molecule has 10 N–H and O–H groups in total. The first-order valence-corrected chi connectivity index (χ1v) is 15.5. The van der Waals surface area contributed by atoms with Gasteiger partial charge < -0.3 is 70.3 Å². The molecule has 0 aromatic carbocycles. The Kier molecular flexibility index (Phi) is 15.2. The summed E-state index contributed by atoms with van der Waals surface area (Å²) in [6.07, 6.45) is -0.0767. The van der Waals surface area contributed by atoms with Crippen LogP contribution in [0.4, 0.5) is 0 Å². The number of nitrogens with two attached hydrogens (primary N) is 1. The third-order valence-electron chi connectivity index (χ3n) is 7.94. The van der Waals surface area contributed by atoms with Crippen molar-refractivity contribution >= 4 is 17.9 Å². The maximum atomic E-state index is 12.9. The number of nitrogens with one attached hydrogen (secondary N) is 2. The van der Waals surface area contributed by atoms with Gasteiger partial charge in [0, 0.05) is 31.2 Å². The monoisotopic (exact) mass is 683 g/mol. The zero-order chi connectivity index (χ0) is 35.4. The Hall–Kier alpha value is -3.65. The van der Waals surface area contributed by atoms with E-state index in [2.05, 4.69) is 16.9 Å². The Balaban J connectivity index is 2.04. The molecule has 0 aromatic heterocycles. The van der Waals surface area contributed by atoms with Gasteiger partial charge in [0.05, 0.1) is 43.8 Å². The van der Waals surface area contributed by atoms with Gasteiger partial charge in [-0.1, -0.05) is 18.2 Å². The fraction of sp³-hybridized carbons (Fsp3) is 0.581. The van der Waals surface area contributed by atoms with Crippen molar-refractivity contribution in [3.63, 3.8) is 0 Å². The fourth-order valence-corrected chi connectivity index (χ4v) is 5.52. The normalized spacial score (nSPS) is 31.1. The van der Waals surface area contributed by atoms with Crippen molar-refractivity contribution in [2.45, 2.75) is 50.3 Å². The molecule has 1 saturated heterocycles. The van der Waals surface area contributed by atoms with Crippen LogP contribution in [0.5, 0.6) is 0 Å². The van der Waals surface area contributed by atoms with E-state index < -0.39 is 67.4 Å². The second-order valence-corrected chi connectivity index (χ2v) is 11.1. The lowest BCUT2D eigenvalue weighted by Gasteiger charge is -2.44. The number of allylic oxidation sites excluding steroid dienone is 1. The molecule has 1 fully saturated rings. The number of aliphatic imine (C=N–C) groups is 1. The number of quaternary nitrogens is 1. The standard InChI is InChI=1S/C31H46N4O13/c1-4-18-19(8-7-17-13-35(10-12-37)14-20(27(41)42)23(17)34-31(32)33-9-6-11-36)21(28(43)44-3)16-46-29(18)48-30-26(45-5-2)25(40)24(39)22(15-38)47-30/h4,7-8,14,16,18-19,22,24-26,29-30,36-40H,1,5-6,9-13,15H2,2-3H3,(H,41,42)(H3,32,33,34)/p+1. The molecule has 268 valence electrons. The van der Waals surface area contributed by atoms with Crippen LogP contribution < -0.4 is 16.0 Å². The first-order chi connectivity index (χ1) is 23.0. The van der Waals surface area contributed by atoms with Crippen LogP contribution in [0.15, 0.2) is 64.7 Å². The predicted molar refractivity (Wildman–Crippen MR) is 167 cm³/mol. The van der Waals surface area contributed by atoms with E-state index in [1.165, 1.54) is 19.4 Å². The number of nitrogens with zero attached hydrogens (tertiary/aromatic N) is 1. The smallest absolute Gasteiger partial charge is 0.343 e. The van der Waals surface area contributed by atoms with Gasteiger partial charge in [-0.25, -0.2) is 9.59 Å². The van der Waals surface area contributed by atoms with Crippen molar-refractivity contribution in [2.75, 3.05) is 53.2 Å². The number of hydrogen-bond acceptors (Lipinski definition) is 13. The Morgan fingerprint density at radius 3 is 2.56 bits per heavy atom. The minimum absolute atomic E-state index is 0.0782. The van der Waals surface area contributed by atoms with Crippen LogP contribution in [-0.2, 0) is 33.3 Å². The number of hydrogen-bond donors (Lipinski definition) is 9. The Morgan fingerprint density at radius 2 is 1.96 bits per heavy atom. The summed E-state index contributed by atoms with van der Waals surface area (Å²) in [5.74, 6) is -3.68. The highest BCUT2D eigenvalue weighted by molar-refractivity contribution is 5.94. The molecule has 17 nitrogen and oxygen atoms in total. The molecule has 0 bridgehead atoms. The molecule has 9 atom stereocenters. The van der Waals surface area contributed by atoms with Gasteiger partial charge in [-0.2, -0.15) is 0 Å². The van der Waals surface area contributed by atoms with E-state index >= 15 is 0 Å². The Bertz CT molecular complexity index is 1280. The van der Waals surface area contributed by atoms with Crippen LogP contribution in [0.3, 0.4) is 0 Å². The third-order valence-corrected chi connectivity index (χ3v) is 7.94. The second-order valence-electron chi connectivity index (χ2n) is 11.1. The van der Waals surface area contributed by atoms with Crippen LogP contribution in [-0.4, -0.2) is 139 Å². The Morgan fingerprint density at radius 1 is 1.21 bits per heavy atom. The maximum absolute atomic E-state index is 12.9. The molecule has 3 rings (SSSR count). The summed E-state index contributed by atoms with van der Waals surface area (Å²) in [6.45, 7) is 5.40. The van der Waals surface area contributed by atoms with Crippen LogP contribution in [0.25, 0.3) is 0 Å². The van der Waals surface area contributed by atoms with Crippen molar-refractivity contribution in [2.24, 2.45) is 22.6 Å². The number of esters is 1. The quantitative estimate of drug-likeness (QED) is 0.0253. The lowest BCUT2D eigenvalue weighted by Crippen LogP contribution is -3.09. The van der Waals surface area contributed by atoms with Gasteiger partial charge in [0.15, 0.2) is 12.2 Å². The molecule has 0 amide bonds. The van der Waals surface area contributed by atoms with Crippen molar-refractivity contribution in [3.05, 3.63) is 59.7 Å². The van der Waals surface area contributed by atoms with E-state index in [-0.39, 0.29) is 62.3 Å². The first-order valence-electron chi connectivity index (χ1n) is 15.5. The number of carboxylic acids is 1. The molecule has 48 heavy (non-hydrogen) atoms. The van der Waals surface area contributed by atoms with E-state index in [1.807, 2.05) is 0 Å². The van der Waals surface area contributed by atoms with Crippen LogP contribution >= 0.6 is 0 Å². The molecular weight excluding hydrogens is 636 g/mol. The van der Waals surface area contributed by atoms with Gasteiger partial charge in [-0.15, -0.1) is 6.58 Å². The Labute approximate surface area is 277 Å². The molecule has 17 heteroatoms. The maximum Gasteiger partial charge on any atom is 0.343 e. The number of carbonyl (C=O) groups is 2. The number of ether oxygens (including phenoxy) is 5. The largest absolute Gasteiger partial charge is 0.477 e. The number of aliphatic carboxylic acids is 1. The van der Waals surface area contributed by atoms with Gasteiger partial charge in [-0.05, 0) is 13.3 Å². The topological polar surface area (TPSA) is 257 Å². The molecule has 0 spiro atoms. The minimum atomic E-state index is -1.46. The van der Waals surface area contributed by atoms with E-state index in [0.717, 1.165) is 6.26 Å². The molecule has 0 saturated carbocycles. The third kappa shape index (κ3) is 9.49. The average Bonchev–Trinajstić information content (AvgIpc) is 3.07. The molecular formula is C31H47N4O13+. The van der Waals surface area contributed by atoms with E-state index in [1.54, 1.807) is 19.1 Å². The summed E-state index contributed by atoms with van der Waals surface area (Å²) < 4.78 is 28.2. The SMILES string of the molecule is C=CC1C(OC2OC(CO)C(O)C(O)C2OCC)OC=C(C(=O)OC)C1C=CC1=C(NC(N)=NCCCO)C(C(=O)O)=C[NH+](CCO)C1. The van der Waals surface area contributed by atoms with Crippen LogP contribution in [0.1, 0.15) is 13.3 Å². The van der Waals surface area contributed by atoms with Crippen molar-refractivity contribution in [1.29, 1.82) is 0 Å². The lowest BCUT2D eigenvalue weighted by atomic mass is 9.83. The van der Waals surface area contributed by atoms with Crippen LogP contribution in [0, 0.1) is 11.8 Å². The van der Waals surface area contributed by atoms with Gasteiger partial charge >= 0.3 is 11.9 Å². The van der Waals surface area contributed by atoms with Gasteiger partial charge in [0.1, 0.15) is 49.3 Å². The number of carboxylic acid groups (broad SMARTS) is 1. The lowest BCUT2D eigenvalue weighted by molar-refractivity contribution is -0.843. The van der Waals surface area contributed by atoms with Gasteiger partial charge in [-0.3, -0.25) is 4.99 Å². The molecule has 0 radical (unpaired) electrons. The highest BCUT2D eigenvalue weighted by Gasteiger charge is 2.48. The van der Waals surface area contributed by atoms with Crippen molar-refractivity contribution in [1.82, 2.24) is 5.32 Å². The van der Waals surface area contributed by atoms with Gasteiger partial charge in [0.2, 0.25) is 6.29 Å². The fourth-order valence-electron chi connectivity index (χ4n) is 5.52. The highest BCUT2D eigenvalue weighted by Crippen LogP contribution is 2.37. The number of rotatable bonds is 16. The number of aliphatic hydroxyl groups excluding tert-OH is 5. The number of aliphatic hydroxyl groups is 5. The zero-order valence-electron chi connectivity index (χ0n) is 26.9. The molecule has 3 aliphatic heterocycles. The van der Waals surface area contributed by atoms with E-state index in [9.17, 15) is 35.1 Å². The number of guanidine groups is 1. The van der Waals surface area contributed by atoms with Crippen molar-refractivity contribution in [3.8, 4) is 0 Å². The van der Waals surface area contributed by atoms with E-state index in [4.69, 9.17) is 34.5 Å². The summed E-state index contributed by atoms with van der Waals surface area (Å²) >= 11 is 0.